The van der Waals surface area contributed by atoms with Gasteiger partial charge in [0.1, 0.15) is 17.6 Å². The molecule has 0 saturated heterocycles. The molecule has 4 heteroatoms. The van der Waals surface area contributed by atoms with Crippen LogP contribution < -0.4 is 0 Å². The quantitative estimate of drug-likeness (QED) is 0.755. The van der Waals surface area contributed by atoms with E-state index in [1.807, 2.05) is 0 Å². The first kappa shape index (κ1) is 12.7. The molecule has 1 aliphatic carbocycles. The van der Waals surface area contributed by atoms with Gasteiger partial charge in [0, 0.05) is 5.56 Å². The third-order valence-corrected chi connectivity index (χ3v) is 2.80. The fraction of sp³-hybridized carbons (Fsp3) is 0.429. The van der Waals surface area contributed by atoms with Gasteiger partial charge in [0.25, 0.3) is 0 Å². The minimum atomic E-state index is -1.72. The molecule has 94 valence electrons. The zero-order valence-corrected chi connectivity index (χ0v) is 10.4. The molecule has 0 unspecified atom stereocenters. The standard InChI is InChI=1S/C14H14F2N2/c1-14(2,16)13(18-10-6-7-10)11-5-3-4-9(8-17)12(11)15/h3-5,10H,6-7H2,1-2H3/b18-13+. The number of aliphatic imine (C=N–C) groups is 1. The van der Waals surface area contributed by atoms with Gasteiger partial charge in [0.15, 0.2) is 0 Å². The first-order valence-corrected chi connectivity index (χ1v) is 5.89. The van der Waals surface area contributed by atoms with E-state index in [0.717, 1.165) is 12.8 Å². The second-order valence-electron chi connectivity index (χ2n) is 4.96. The van der Waals surface area contributed by atoms with Crippen molar-refractivity contribution < 1.29 is 8.78 Å². The van der Waals surface area contributed by atoms with Crippen LogP contribution in [0.1, 0.15) is 37.8 Å². The average Bonchev–Trinajstić information content (AvgIpc) is 3.09. The lowest BCUT2D eigenvalue weighted by atomic mass is 9.95. The maximum absolute atomic E-state index is 14.2. The van der Waals surface area contributed by atoms with Gasteiger partial charge < -0.3 is 0 Å². The fourth-order valence-electron chi connectivity index (χ4n) is 1.73. The van der Waals surface area contributed by atoms with E-state index < -0.39 is 11.5 Å². The lowest BCUT2D eigenvalue weighted by Gasteiger charge is -2.19. The molecule has 0 radical (unpaired) electrons. The van der Waals surface area contributed by atoms with Crippen molar-refractivity contribution in [1.82, 2.24) is 0 Å². The molecule has 0 atom stereocenters. The molecule has 0 aliphatic heterocycles. The molecular formula is C14H14F2N2. The molecule has 0 bridgehead atoms. The van der Waals surface area contributed by atoms with Crippen molar-refractivity contribution in [3.63, 3.8) is 0 Å². The zero-order valence-electron chi connectivity index (χ0n) is 10.4. The normalized spacial score (nSPS) is 16.5. The molecule has 18 heavy (non-hydrogen) atoms. The molecule has 0 aromatic heterocycles. The summed E-state index contributed by atoms with van der Waals surface area (Å²) in [5, 5.41) is 8.80. The van der Waals surface area contributed by atoms with Crippen LogP contribution in [-0.2, 0) is 0 Å². The summed E-state index contributed by atoms with van der Waals surface area (Å²) in [7, 11) is 0. The Balaban J connectivity index is 2.53. The van der Waals surface area contributed by atoms with E-state index >= 15 is 0 Å². The summed E-state index contributed by atoms with van der Waals surface area (Å²) in [6.07, 6.45) is 1.83. The van der Waals surface area contributed by atoms with Crippen molar-refractivity contribution in [2.45, 2.75) is 38.4 Å². The summed E-state index contributed by atoms with van der Waals surface area (Å²) >= 11 is 0. The summed E-state index contributed by atoms with van der Waals surface area (Å²) in [5.41, 5.74) is -1.62. The summed E-state index contributed by atoms with van der Waals surface area (Å²) in [6.45, 7) is 2.71. The van der Waals surface area contributed by atoms with Crippen molar-refractivity contribution in [2.24, 2.45) is 4.99 Å². The SMILES string of the molecule is CC(C)(F)/C(=N/C1CC1)c1cccc(C#N)c1F. The lowest BCUT2D eigenvalue weighted by molar-refractivity contribution is 0.312. The molecule has 1 aliphatic rings. The largest absolute Gasteiger partial charge is 0.282 e. The van der Waals surface area contributed by atoms with Gasteiger partial charge >= 0.3 is 0 Å². The van der Waals surface area contributed by atoms with E-state index in [4.69, 9.17) is 5.26 Å². The highest BCUT2D eigenvalue weighted by atomic mass is 19.1. The van der Waals surface area contributed by atoms with Gasteiger partial charge in [-0.3, -0.25) is 4.99 Å². The second kappa shape index (κ2) is 4.49. The second-order valence-corrected chi connectivity index (χ2v) is 4.96. The first-order chi connectivity index (χ1) is 8.43. The molecular weight excluding hydrogens is 234 g/mol. The van der Waals surface area contributed by atoms with Crippen molar-refractivity contribution in [3.8, 4) is 6.07 Å². The van der Waals surface area contributed by atoms with Crippen LogP contribution in [0.2, 0.25) is 0 Å². The predicted octanol–water partition coefficient (Wildman–Crippen LogP) is 3.40. The van der Waals surface area contributed by atoms with E-state index in [1.54, 1.807) is 12.1 Å². The van der Waals surface area contributed by atoms with Crippen LogP contribution in [-0.4, -0.2) is 17.4 Å². The zero-order chi connectivity index (χ0) is 13.3. The molecule has 0 N–H and O–H groups in total. The Hall–Kier alpha value is -1.76. The molecule has 2 nitrogen and oxygen atoms in total. The van der Waals surface area contributed by atoms with Crippen molar-refractivity contribution >= 4 is 5.71 Å². The average molecular weight is 248 g/mol. The summed E-state index contributed by atoms with van der Waals surface area (Å²) in [4.78, 5) is 4.26. The maximum atomic E-state index is 14.2. The molecule has 1 aromatic carbocycles. The van der Waals surface area contributed by atoms with Crippen molar-refractivity contribution in [3.05, 3.63) is 35.1 Å². The lowest BCUT2D eigenvalue weighted by Crippen LogP contribution is -2.29. The van der Waals surface area contributed by atoms with Gasteiger partial charge in [-0.1, -0.05) is 6.07 Å². The Bertz CT molecular complexity index is 532. The van der Waals surface area contributed by atoms with Crippen LogP contribution in [0.5, 0.6) is 0 Å². The number of hydrogen-bond acceptors (Lipinski definition) is 2. The minimum absolute atomic E-state index is 0.0831. The molecule has 1 fully saturated rings. The van der Waals surface area contributed by atoms with Crippen LogP contribution in [0.25, 0.3) is 0 Å². The van der Waals surface area contributed by atoms with E-state index in [0.29, 0.717) is 0 Å². The number of alkyl halides is 1. The molecule has 0 heterocycles. The van der Waals surface area contributed by atoms with Gasteiger partial charge in [0.2, 0.25) is 0 Å². The van der Waals surface area contributed by atoms with E-state index in [-0.39, 0.29) is 22.9 Å². The number of benzene rings is 1. The van der Waals surface area contributed by atoms with Crippen LogP contribution in [0.15, 0.2) is 23.2 Å². The van der Waals surface area contributed by atoms with Gasteiger partial charge in [0.05, 0.1) is 17.3 Å². The highest BCUT2D eigenvalue weighted by Gasteiger charge is 2.31. The van der Waals surface area contributed by atoms with Crippen LogP contribution in [0, 0.1) is 17.1 Å². The van der Waals surface area contributed by atoms with Crippen molar-refractivity contribution in [2.75, 3.05) is 0 Å². The number of halogens is 2. The first-order valence-electron chi connectivity index (χ1n) is 5.89. The predicted molar refractivity (Wildman–Crippen MR) is 65.9 cm³/mol. The topological polar surface area (TPSA) is 36.1 Å². The monoisotopic (exact) mass is 248 g/mol. The van der Waals surface area contributed by atoms with Crippen LogP contribution in [0.3, 0.4) is 0 Å². The fourth-order valence-corrected chi connectivity index (χ4v) is 1.73. The van der Waals surface area contributed by atoms with Crippen LogP contribution in [0.4, 0.5) is 8.78 Å². The molecule has 0 spiro atoms. The number of hydrogen-bond donors (Lipinski definition) is 0. The Morgan fingerprint density at radius 3 is 2.61 bits per heavy atom. The highest BCUT2D eigenvalue weighted by molar-refractivity contribution is 6.06. The van der Waals surface area contributed by atoms with E-state index in [1.165, 1.54) is 26.0 Å². The number of nitrogens with zero attached hydrogens (tertiary/aromatic N) is 2. The van der Waals surface area contributed by atoms with Gasteiger partial charge in [-0.15, -0.1) is 0 Å². The maximum Gasteiger partial charge on any atom is 0.150 e. The Labute approximate surface area is 105 Å². The van der Waals surface area contributed by atoms with E-state index in [9.17, 15) is 8.78 Å². The summed E-state index contributed by atoms with van der Waals surface area (Å²) in [6, 6.07) is 6.25. The Kier molecular flexibility index (Phi) is 3.16. The third-order valence-electron chi connectivity index (χ3n) is 2.80. The molecule has 0 amide bonds. The number of rotatable bonds is 3. The van der Waals surface area contributed by atoms with Gasteiger partial charge in [-0.25, -0.2) is 8.78 Å². The Morgan fingerprint density at radius 2 is 2.11 bits per heavy atom. The minimum Gasteiger partial charge on any atom is -0.282 e. The molecule has 2 rings (SSSR count). The van der Waals surface area contributed by atoms with E-state index in [2.05, 4.69) is 4.99 Å². The molecule has 1 saturated carbocycles. The molecule has 1 aromatic rings. The highest BCUT2D eigenvalue weighted by Crippen LogP contribution is 2.29. The van der Waals surface area contributed by atoms with Gasteiger partial charge in [-0.2, -0.15) is 5.26 Å². The summed E-state index contributed by atoms with van der Waals surface area (Å²) in [5.74, 6) is -0.690. The van der Waals surface area contributed by atoms with Crippen molar-refractivity contribution in [1.29, 1.82) is 5.26 Å². The smallest absolute Gasteiger partial charge is 0.150 e. The third kappa shape index (κ3) is 2.56. The Morgan fingerprint density at radius 1 is 1.44 bits per heavy atom. The van der Waals surface area contributed by atoms with Gasteiger partial charge in [-0.05, 0) is 38.8 Å². The number of nitriles is 1. The summed E-state index contributed by atoms with van der Waals surface area (Å²) < 4.78 is 28.2. The van der Waals surface area contributed by atoms with Crippen LogP contribution >= 0.6 is 0 Å².